The highest BCUT2D eigenvalue weighted by atomic mass is 15.6. The average molecular weight is 207 g/mol. The van der Waals surface area contributed by atoms with E-state index in [4.69, 9.17) is 0 Å². The Morgan fingerprint density at radius 1 is 1.27 bits per heavy atom. The van der Waals surface area contributed by atoms with Gasteiger partial charge in [0.2, 0.25) is 0 Å². The van der Waals surface area contributed by atoms with Gasteiger partial charge in [-0.1, -0.05) is 0 Å². The number of likely N-dealkylation sites (tertiary alicyclic amines) is 1. The Morgan fingerprint density at radius 3 is 2.73 bits per heavy atom. The van der Waals surface area contributed by atoms with Gasteiger partial charge in [0.25, 0.3) is 0 Å². The summed E-state index contributed by atoms with van der Waals surface area (Å²) in [4.78, 5) is 3.91. The summed E-state index contributed by atoms with van der Waals surface area (Å²) >= 11 is 0. The van der Waals surface area contributed by atoms with E-state index >= 15 is 0 Å². The number of aryl methyl sites for hydroxylation is 1. The van der Waals surface area contributed by atoms with Crippen molar-refractivity contribution in [2.45, 2.75) is 32.7 Å². The molecule has 0 N–H and O–H groups in total. The van der Waals surface area contributed by atoms with Crippen molar-refractivity contribution in [1.29, 1.82) is 0 Å². The van der Waals surface area contributed by atoms with Crippen LogP contribution in [0.2, 0.25) is 0 Å². The molecule has 0 unspecified atom stereocenters. The van der Waals surface area contributed by atoms with Gasteiger partial charge in [-0.2, -0.15) is 4.80 Å². The first-order chi connectivity index (χ1) is 7.38. The van der Waals surface area contributed by atoms with Crippen LogP contribution in [0.25, 0.3) is 6.08 Å². The van der Waals surface area contributed by atoms with E-state index < -0.39 is 0 Å². The fraction of sp³-hybridized carbons (Fsp3) is 0.700. The number of nitrogens with zero attached hydrogens (tertiary/aromatic N) is 5. The lowest BCUT2D eigenvalue weighted by Gasteiger charge is -2.24. The van der Waals surface area contributed by atoms with Crippen molar-refractivity contribution < 1.29 is 0 Å². The van der Waals surface area contributed by atoms with Crippen LogP contribution in [0.4, 0.5) is 0 Å². The predicted octanol–water partition coefficient (Wildman–Crippen LogP) is 1.15. The molecule has 0 radical (unpaired) electrons. The topological polar surface area (TPSA) is 46.8 Å². The summed E-state index contributed by atoms with van der Waals surface area (Å²) in [5.74, 6) is 0.697. The van der Waals surface area contributed by atoms with Crippen LogP contribution in [0.1, 0.15) is 32.0 Å². The van der Waals surface area contributed by atoms with Crippen molar-refractivity contribution in [3.05, 3.63) is 12.0 Å². The van der Waals surface area contributed by atoms with Gasteiger partial charge in [-0.3, -0.25) is 0 Å². The summed E-state index contributed by atoms with van der Waals surface area (Å²) in [6.07, 6.45) is 7.95. The van der Waals surface area contributed by atoms with Crippen LogP contribution in [0, 0.1) is 0 Å². The Labute approximate surface area is 89.8 Å². The molecule has 2 rings (SSSR count). The van der Waals surface area contributed by atoms with E-state index in [-0.39, 0.29) is 0 Å². The van der Waals surface area contributed by atoms with Crippen LogP contribution >= 0.6 is 0 Å². The largest absolute Gasteiger partial charge is 0.377 e. The molecule has 5 nitrogen and oxygen atoms in total. The summed E-state index contributed by atoms with van der Waals surface area (Å²) in [6, 6.07) is 0. The lowest BCUT2D eigenvalue weighted by Crippen LogP contribution is -2.23. The second kappa shape index (κ2) is 4.91. The van der Waals surface area contributed by atoms with Gasteiger partial charge in [-0.15, -0.1) is 10.2 Å². The third-order valence-electron chi connectivity index (χ3n) is 2.58. The Bertz CT molecular complexity index is 324. The molecule has 0 atom stereocenters. The predicted molar refractivity (Wildman–Crippen MR) is 57.9 cm³/mol. The summed E-state index contributed by atoms with van der Waals surface area (Å²) in [5, 5.41) is 12.0. The molecule has 1 aromatic rings. The second-order valence-corrected chi connectivity index (χ2v) is 3.75. The number of hydrogen-bond donors (Lipinski definition) is 0. The van der Waals surface area contributed by atoms with Crippen LogP contribution in [-0.4, -0.2) is 38.2 Å². The quantitative estimate of drug-likeness (QED) is 0.746. The lowest BCUT2D eigenvalue weighted by molar-refractivity contribution is 0.311. The molecule has 1 saturated heterocycles. The molecular formula is C10H17N5. The number of rotatable bonds is 3. The van der Waals surface area contributed by atoms with E-state index in [9.17, 15) is 0 Å². The molecule has 0 saturated carbocycles. The maximum Gasteiger partial charge on any atom is 0.199 e. The minimum atomic E-state index is 0.697. The maximum absolute atomic E-state index is 4.19. The van der Waals surface area contributed by atoms with E-state index in [2.05, 4.69) is 26.5 Å². The fourth-order valence-corrected chi connectivity index (χ4v) is 1.70. The van der Waals surface area contributed by atoms with E-state index in [0.29, 0.717) is 5.82 Å². The third kappa shape index (κ3) is 2.78. The summed E-state index contributed by atoms with van der Waals surface area (Å²) in [6.45, 7) is 5.07. The molecule has 0 aliphatic carbocycles. The smallest absolute Gasteiger partial charge is 0.199 e. The third-order valence-corrected chi connectivity index (χ3v) is 2.58. The molecule has 1 aliphatic rings. The van der Waals surface area contributed by atoms with E-state index in [0.717, 1.165) is 19.6 Å². The second-order valence-electron chi connectivity index (χ2n) is 3.75. The first-order valence-electron chi connectivity index (χ1n) is 5.58. The zero-order valence-electron chi connectivity index (χ0n) is 9.13. The minimum Gasteiger partial charge on any atom is -0.377 e. The van der Waals surface area contributed by atoms with Gasteiger partial charge in [-0.25, -0.2) is 0 Å². The van der Waals surface area contributed by atoms with Crippen LogP contribution in [0.3, 0.4) is 0 Å². The summed E-state index contributed by atoms with van der Waals surface area (Å²) in [7, 11) is 0. The van der Waals surface area contributed by atoms with Gasteiger partial charge in [-0.05, 0) is 31.4 Å². The molecule has 1 fully saturated rings. The lowest BCUT2D eigenvalue weighted by atomic mass is 10.1. The Morgan fingerprint density at radius 2 is 2.07 bits per heavy atom. The summed E-state index contributed by atoms with van der Waals surface area (Å²) < 4.78 is 0. The molecular weight excluding hydrogens is 190 g/mol. The van der Waals surface area contributed by atoms with Crippen LogP contribution in [-0.2, 0) is 6.54 Å². The maximum atomic E-state index is 4.19. The molecule has 0 aromatic carbocycles. The Hall–Kier alpha value is -1.39. The van der Waals surface area contributed by atoms with Crippen molar-refractivity contribution in [2.24, 2.45) is 0 Å². The zero-order chi connectivity index (χ0) is 10.5. The molecule has 0 bridgehead atoms. The first kappa shape index (κ1) is 10.1. The van der Waals surface area contributed by atoms with Gasteiger partial charge >= 0.3 is 0 Å². The zero-order valence-corrected chi connectivity index (χ0v) is 9.13. The molecule has 1 aliphatic heterocycles. The highest BCUT2D eigenvalue weighted by molar-refractivity contribution is 5.37. The average Bonchev–Trinajstić information content (AvgIpc) is 2.76. The molecule has 2 heterocycles. The molecule has 15 heavy (non-hydrogen) atoms. The summed E-state index contributed by atoms with van der Waals surface area (Å²) in [5.41, 5.74) is 0. The van der Waals surface area contributed by atoms with Gasteiger partial charge in [0.1, 0.15) is 0 Å². The number of tetrazole rings is 1. The van der Waals surface area contributed by atoms with Gasteiger partial charge in [0.15, 0.2) is 5.82 Å². The van der Waals surface area contributed by atoms with E-state index in [1.807, 2.05) is 13.0 Å². The monoisotopic (exact) mass is 207 g/mol. The van der Waals surface area contributed by atoms with Crippen LogP contribution in [0.5, 0.6) is 0 Å². The molecule has 82 valence electrons. The van der Waals surface area contributed by atoms with Crippen molar-refractivity contribution in [3.63, 3.8) is 0 Å². The van der Waals surface area contributed by atoms with Crippen molar-refractivity contribution in [3.8, 4) is 0 Å². The van der Waals surface area contributed by atoms with Crippen molar-refractivity contribution in [2.75, 3.05) is 13.1 Å². The number of hydrogen-bond acceptors (Lipinski definition) is 4. The normalized spacial score (nSPS) is 17.5. The number of piperidine rings is 1. The first-order valence-corrected chi connectivity index (χ1v) is 5.58. The Kier molecular flexibility index (Phi) is 3.32. The molecule has 1 aromatic heterocycles. The minimum absolute atomic E-state index is 0.697. The van der Waals surface area contributed by atoms with Gasteiger partial charge < -0.3 is 4.90 Å². The van der Waals surface area contributed by atoms with Gasteiger partial charge in [0.05, 0.1) is 6.54 Å². The standard InChI is InChI=1S/C10H17N5/c1-2-15-12-10(11-13-15)6-9-14-7-4-3-5-8-14/h6,9H,2-5,7-8H2,1H3/b9-6+. The van der Waals surface area contributed by atoms with Crippen LogP contribution in [0.15, 0.2) is 6.20 Å². The SMILES string of the molecule is CCn1nnc(/C=C/N2CCCCC2)n1. The highest BCUT2D eigenvalue weighted by Gasteiger charge is 2.05. The molecule has 0 amide bonds. The van der Waals surface area contributed by atoms with E-state index in [1.54, 1.807) is 4.80 Å². The Balaban J connectivity index is 1.91. The molecule has 0 spiro atoms. The van der Waals surface area contributed by atoms with Gasteiger partial charge in [0, 0.05) is 25.4 Å². The fourth-order valence-electron chi connectivity index (χ4n) is 1.70. The van der Waals surface area contributed by atoms with E-state index in [1.165, 1.54) is 19.3 Å². The van der Waals surface area contributed by atoms with Crippen molar-refractivity contribution >= 4 is 6.08 Å². The number of aromatic nitrogens is 4. The highest BCUT2D eigenvalue weighted by Crippen LogP contribution is 2.09. The van der Waals surface area contributed by atoms with Crippen LogP contribution < -0.4 is 0 Å². The van der Waals surface area contributed by atoms with Crippen molar-refractivity contribution in [1.82, 2.24) is 25.1 Å². The molecule has 5 heteroatoms.